The Kier molecular flexibility index (Phi) is 8.19. The number of amides is 1. The first kappa shape index (κ1) is 21.9. The fraction of sp³-hybridized carbons (Fsp3) is 0.500. The van der Waals surface area contributed by atoms with Crippen LogP contribution in [0.25, 0.3) is 0 Å². The van der Waals surface area contributed by atoms with Crippen LogP contribution >= 0.6 is 23.4 Å². The molecule has 1 amide bonds. The number of carbonyl (C=O) groups excluding carboxylic acids is 1. The number of hydrogen-bond donors (Lipinski definition) is 1. The number of thioether (sulfide) groups is 1. The molecule has 1 N–H and O–H groups in total. The maximum absolute atomic E-state index is 12.4. The lowest BCUT2D eigenvalue weighted by Crippen LogP contribution is -2.36. The van der Waals surface area contributed by atoms with Crippen LogP contribution in [0.3, 0.4) is 0 Å². The third kappa shape index (κ3) is 6.61. The molecule has 29 heavy (non-hydrogen) atoms. The number of aromatic nitrogens is 2. The molecule has 3 rings (SSSR count). The summed E-state index contributed by atoms with van der Waals surface area (Å²) < 4.78 is 0. The minimum Gasteiger partial charge on any atom is -0.360 e. The quantitative estimate of drug-likeness (QED) is 0.347. The van der Waals surface area contributed by atoms with Crippen molar-refractivity contribution in [2.45, 2.75) is 62.4 Å². The fourth-order valence-corrected chi connectivity index (χ4v) is 4.55. The first-order valence-corrected chi connectivity index (χ1v) is 11.7. The molecule has 0 unspecified atom stereocenters. The summed E-state index contributed by atoms with van der Waals surface area (Å²) in [5, 5.41) is 4.28. The topological polar surface area (TPSA) is 58.1 Å². The van der Waals surface area contributed by atoms with Gasteiger partial charge in [0.1, 0.15) is 11.0 Å². The second kappa shape index (κ2) is 10.8. The molecule has 7 heteroatoms. The second-order valence-corrected chi connectivity index (χ2v) is 8.88. The maximum atomic E-state index is 12.4. The molecule has 1 heterocycles. The molecule has 0 radical (unpaired) electrons. The number of rotatable bonds is 8. The van der Waals surface area contributed by atoms with E-state index < -0.39 is 0 Å². The molecule has 1 aromatic heterocycles. The van der Waals surface area contributed by atoms with E-state index in [1.165, 1.54) is 19.3 Å². The molecular weight excluding hydrogens is 404 g/mol. The van der Waals surface area contributed by atoms with Gasteiger partial charge in [-0.15, -0.1) is 0 Å². The average molecular weight is 433 g/mol. The Balaban J connectivity index is 1.56. The van der Waals surface area contributed by atoms with Crippen LogP contribution in [0, 0.1) is 0 Å². The third-order valence-electron chi connectivity index (χ3n) is 5.14. The highest BCUT2D eigenvalue weighted by Crippen LogP contribution is 2.24. The molecule has 156 valence electrons. The molecule has 1 aromatic carbocycles. The van der Waals surface area contributed by atoms with Crippen LogP contribution in [0.4, 0.5) is 5.82 Å². The van der Waals surface area contributed by atoms with Crippen molar-refractivity contribution in [3.05, 3.63) is 46.6 Å². The predicted molar refractivity (Wildman–Crippen MR) is 121 cm³/mol. The Hall–Kier alpha value is -1.79. The van der Waals surface area contributed by atoms with Crippen LogP contribution in [0.15, 0.2) is 35.5 Å². The number of hydrogen-bond acceptors (Lipinski definition) is 5. The Labute approximate surface area is 182 Å². The van der Waals surface area contributed by atoms with Crippen molar-refractivity contribution in [1.82, 2.24) is 15.3 Å². The zero-order chi connectivity index (χ0) is 20.6. The van der Waals surface area contributed by atoms with Gasteiger partial charge in [-0.05, 0) is 37.0 Å². The Morgan fingerprint density at radius 2 is 1.93 bits per heavy atom. The van der Waals surface area contributed by atoms with Crippen LogP contribution in [-0.4, -0.2) is 35.5 Å². The zero-order valence-electron chi connectivity index (χ0n) is 17.2. The molecule has 1 aliphatic rings. The van der Waals surface area contributed by atoms with E-state index in [9.17, 15) is 4.79 Å². The van der Waals surface area contributed by atoms with E-state index in [2.05, 4.69) is 27.1 Å². The van der Waals surface area contributed by atoms with Crippen LogP contribution in [0.1, 0.15) is 61.4 Å². The molecule has 1 aliphatic carbocycles. The van der Waals surface area contributed by atoms with E-state index in [4.69, 9.17) is 11.6 Å². The van der Waals surface area contributed by atoms with Gasteiger partial charge in [-0.2, -0.15) is 0 Å². The van der Waals surface area contributed by atoms with Crippen molar-refractivity contribution in [3.8, 4) is 0 Å². The summed E-state index contributed by atoms with van der Waals surface area (Å²) in [6.45, 7) is 3.05. The summed E-state index contributed by atoms with van der Waals surface area (Å²) >= 11 is 7.72. The molecule has 0 atom stereocenters. The van der Waals surface area contributed by atoms with E-state index in [1.54, 1.807) is 17.8 Å². The molecule has 0 spiro atoms. The van der Waals surface area contributed by atoms with Crippen LogP contribution in [0.2, 0.25) is 5.15 Å². The third-order valence-corrected chi connectivity index (χ3v) is 6.25. The van der Waals surface area contributed by atoms with E-state index >= 15 is 0 Å². The Bertz CT molecular complexity index is 809. The molecular formula is C22H29ClN4OS. The van der Waals surface area contributed by atoms with Crippen molar-refractivity contribution >= 4 is 35.1 Å². The maximum Gasteiger partial charge on any atom is 0.251 e. The van der Waals surface area contributed by atoms with Gasteiger partial charge >= 0.3 is 0 Å². The summed E-state index contributed by atoms with van der Waals surface area (Å²) in [5.41, 5.74) is 1.84. The summed E-state index contributed by atoms with van der Waals surface area (Å²) in [4.78, 5) is 23.5. The van der Waals surface area contributed by atoms with Gasteiger partial charge in [0.2, 0.25) is 0 Å². The summed E-state index contributed by atoms with van der Waals surface area (Å²) in [6.07, 6.45) is 6.93. The highest BCUT2D eigenvalue weighted by molar-refractivity contribution is 7.98. The number of nitrogens with zero attached hydrogens (tertiary/aromatic N) is 3. The fourth-order valence-electron chi connectivity index (χ4n) is 3.51. The Morgan fingerprint density at radius 3 is 2.62 bits per heavy atom. The van der Waals surface area contributed by atoms with Crippen LogP contribution in [-0.2, 0) is 5.75 Å². The smallest absolute Gasteiger partial charge is 0.251 e. The number of anilines is 1. The minimum absolute atomic E-state index is 0.0258. The van der Waals surface area contributed by atoms with Crippen molar-refractivity contribution in [1.29, 1.82) is 0 Å². The standard InChI is InChI=1S/C22H29ClN4OS/c1-3-13-27(2)20-14-19(23)25-22(26-20)29-15-16-9-11-17(12-10-16)21(28)24-18-7-5-4-6-8-18/h9-12,14,18H,3-8,13,15H2,1-2H3,(H,24,28). The Morgan fingerprint density at radius 1 is 1.21 bits per heavy atom. The van der Waals surface area contributed by atoms with Gasteiger partial charge in [0.15, 0.2) is 5.16 Å². The van der Waals surface area contributed by atoms with Gasteiger partial charge in [-0.1, -0.05) is 61.7 Å². The minimum atomic E-state index is 0.0258. The van der Waals surface area contributed by atoms with Gasteiger partial charge in [-0.25, -0.2) is 9.97 Å². The monoisotopic (exact) mass is 432 g/mol. The van der Waals surface area contributed by atoms with Crippen LogP contribution in [0.5, 0.6) is 0 Å². The highest BCUT2D eigenvalue weighted by Gasteiger charge is 2.16. The van der Waals surface area contributed by atoms with Gasteiger partial charge in [0, 0.05) is 37.0 Å². The first-order chi connectivity index (χ1) is 14.0. The van der Waals surface area contributed by atoms with E-state index in [0.717, 1.165) is 42.9 Å². The molecule has 5 nitrogen and oxygen atoms in total. The lowest BCUT2D eigenvalue weighted by Gasteiger charge is -2.22. The average Bonchev–Trinajstić information content (AvgIpc) is 2.73. The number of nitrogens with one attached hydrogen (secondary N) is 1. The van der Waals surface area contributed by atoms with Crippen molar-refractivity contribution in [3.63, 3.8) is 0 Å². The van der Waals surface area contributed by atoms with Gasteiger partial charge < -0.3 is 10.2 Å². The van der Waals surface area contributed by atoms with Gasteiger partial charge in [-0.3, -0.25) is 4.79 Å². The van der Waals surface area contributed by atoms with Crippen molar-refractivity contribution in [2.75, 3.05) is 18.5 Å². The molecule has 1 saturated carbocycles. The lowest BCUT2D eigenvalue weighted by atomic mass is 9.95. The van der Waals surface area contributed by atoms with Crippen molar-refractivity contribution in [2.24, 2.45) is 0 Å². The summed E-state index contributed by atoms with van der Waals surface area (Å²) in [7, 11) is 2.01. The molecule has 2 aromatic rings. The van der Waals surface area contributed by atoms with Gasteiger partial charge in [0.05, 0.1) is 0 Å². The highest BCUT2D eigenvalue weighted by atomic mass is 35.5. The number of halogens is 1. The summed E-state index contributed by atoms with van der Waals surface area (Å²) in [6, 6.07) is 9.91. The zero-order valence-corrected chi connectivity index (χ0v) is 18.7. The number of carbonyl (C=O) groups is 1. The van der Waals surface area contributed by atoms with Gasteiger partial charge in [0.25, 0.3) is 5.91 Å². The largest absolute Gasteiger partial charge is 0.360 e. The predicted octanol–water partition coefficient (Wildman–Crippen LogP) is 5.33. The second-order valence-electron chi connectivity index (χ2n) is 7.55. The summed E-state index contributed by atoms with van der Waals surface area (Å²) in [5.74, 6) is 1.59. The first-order valence-electron chi connectivity index (χ1n) is 10.3. The molecule has 0 aliphatic heterocycles. The van der Waals surface area contributed by atoms with E-state index in [0.29, 0.717) is 21.9 Å². The lowest BCUT2D eigenvalue weighted by molar-refractivity contribution is 0.0927. The molecule has 1 fully saturated rings. The SMILES string of the molecule is CCCN(C)c1cc(Cl)nc(SCc2ccc(C(=O)NC3CCCCC3)cc2)n1. The van der Waals surface area contributed by atoms with Crippen LogP contribution < -0.4 is 10.2 Å². The molecule has 0 bridgehead atoms. The number of benzene rings is 1. The van der Waals surface area contributed by atoms with Crippen molar-refractivity contribution < 1.29 is 4.79 Å². The molecule has 0 saturated heterocycles. The van der Waals surface area contributed by atoms with E-state index in [1.807, 2.05) is 31.3 Å². The normalized spacial score (nSPS) is 14.6. The van der Waals surface area contributed by atoms with E-state index in [-0.39, 0.29) is 5.91 Å².